The van der Waals surface area contributed by atoms with Crippen LogP contribution in [0.15, 0.2) is 18.2 Å². The Hall–Kier alpha value is -1.13. The van der Waals surface area contributed by atoms with Gasteiger partial charge in [0.15, 0.2) is 5.82 Å². The molecule has 2 aliphatic rings. The molecule has 3 rings (SSSR count). The highest BCUT2D eigenvalue weighted by atomic mass is 35.5. The topological polar surface area (TPSA) is 41.1 Å². The molecule has 2 bridgehead atoms. The van der Waals surface area contributed by atoms with E-state index < -0.39 is 5.82 Å². The van der Waals surface area contributed by atoms with Gasteiger partial charge in [0.2, 0.25) is 0 Å². The van der Waals surface area contributed by atoms with Crippen LogP contribution in [0.5, 0.6) is 0 Å². The van der Waals surface area contributed by atoms with Gasteiger partial charge < -0.3 is 10.6 Å². The first kappa shape index (κ1) is 12.9. The smallest absolute Gasteiger partial charge is 0.254 e. The summed E-state index contributed by atoms with van der Waals surface area (Å²) in [5, 5.41) is 6.42. The van der Waals surface area contributed by atoms with E-state index in [9.17, 15) is 9.18 Å². The molecule has 1 aromatic carbocycles. The summed E-state index contributed by atoms with van der Waals surface area (Å²) < 4.78 is 13.8. The van der Waals surface area contributed by atoms with Crippen LogP contribution in [0.1, 0.15) is 36.0 Å². The maximum absolute atomic E-state index is 13.8. The summed E-state index contributed by atoms with van der Waals surface area (Å²) in [5.41, 5.74) is 0.0263. The van der Waals surface area contributed by atoms with E-state index in [0.717, 1.165) is 12.8 Å². The third-order valence-corrected chi connectivity index (χ3v) is 4.30. The van der Waals surface area contributed by atoms with E-state index in [1.165, 1.54) is 25.0 Å². The molecule has 5 heteroatoms. The minimum Gasteiger partial charge on any atom is -0.349 e. The quantitative estimate of drug-likeness (QED) is 0.875. The monoisotopic (exact) mass is 282 g/mol. The van der Waals surface area contributed by atoms with Gasteiger partial charge in [-0.3, -0.25) is 4.79 Å². The fourth-order valence-electron chi connectivity index (χ4n) is 3.12. The molecule has 102 valence electrons. The summed E-state index contributed by atoms with van der Waals surface area (Å²) in [6.45, 7) is 0. The molecule has 2 unspecified atom stereocenters. The Balaban J connectivity index is 1.70. The van der Waals surface area contributed by atoms with Crippen LogP contribution in [0.25, 0.3) is 0 Å². The zero-order valence-corrected chi connectivity index (χ0v) is 11.2. The third kappa shape index (κ3) is 2.60. The Morgan fingerprint density at radius 3 is 2.68 bits per heavy atom. The van der Waals surface area contributed by atoms with Crippen LogP contribution in [-0.4, -0.2) is 24.0 Å². The molecule has 2 atom stereocenters. The number of hydrogen-bond donors (Lipinski definition) is 2. The number of nitrogens with one attached hydrogen (secondary N) is 2. The second-order valence-corrected chi connectivity index (χ2v) is 5.79. The molecule has 1 amide bonds. The number of carbonyl (C=O) groups excluding carboxylic acids is 1. The SMILES string of the molecule is O=C(NC1CC2CCC(C1)N2)c1cccc(Cl)c1F. The van der Waals surface area contributed by atoms with E-state index in [2.05, 4.69) is 10.6 Å². The van der Waals surface area contributed by atoms with Gasteiger partial charge in [0.1, 0.15) is 0 Å². The first-order valence-electron chi connectivity index (χ1n) is 6.64. The molecule has 2 aliphatic heterocycles. The Labute approximate surface area is 116 Å². The summed E-state index contributed by atoms with van der Waals surface area (Å²) >= 11 is 5.69. The van der Waals surface area contributed by atoms with Crippen LogP contribution < -0.4 is 10.6 Å². The molecule has 0 aliphatic carbocycles. The van der Waals surface area contributed by atoms with Crippen molar-refractivity contribution in [1.82, 2.24) is 10.6 Å². The fraction of sp³-hybridized carbons (Fsp3) is 0.500. The van der Waals surface area contributed by atoms with Crippen molar-refractivity contribution in [3.05, 3.63) is 34.6 Å². The molecule has 19 heavy (non-hydrogen) atoms. The molecule has 2 saturated heterocycles. The number of benzene rings is 1. The highest BCUT2D eigenvalue weighted by Crippen LogP contribution is 2.27. The zero-order chi connectivity index (χ0) is 13.4. The standard InChI is InChI=1S/C14H16ClFN2O/c15-12-3-1-2-11(13(12)16)14(19)18-10-6-8-4-5-9(7-10)17-8/h1-3,8-10,17H,4-7H2,(H,18,19). The number of piperidine rings is 1. The minimum atomic E-state index is -0.640. The van der Waals surface area contributed by atoms with E-state index in [1.807, 2.05) is 0 Å². The molecule has 0 saturated carbocycles. The normalized spacial score (nSPS) is 29.3. The molecular weight excluding hydrogens is 267 g/mol. The molecule has 0 radical (unpaired) electrons. The van der Waals surface area contributed by atoms with Crippen LogP contribution in [0.2, 0.25) is 5.02 Å². The molecule has 0 aromatic heterocycles. The maximum atomic E-state index is 13.8. The lowest BCUT2D eigenvalue weighted by atomic mass is 9.99. The largest absolute Gasteiger partial charge is 0.349 e. The fourth-order valence-corrected chi connectivity index (χ4v) is 3.29. The maximum Gasteiger partial charge on any atom is 0.254 e. The lowest BCUT2D eigenvalue weighted by Crippen LogP contribution is -2.48. The molecule has 2 heterocycles. The lowest BCUT2D eigenvalue weighted by molar-refractivity contribution is 0.0920. The van der Waals surface area contributed by atoms with Gasteiger partial charge in [-0.25, -0.2) is 4.39 Å². The number of halogens is 2. The van der Waals surface area contributed by atoms with Crippen molar-refractivity contribution >= 4 is 17.5 Å². The van der Waals surface area contributed by atoms with Gasteiger partial charge in [-0.15, -0.1) is 0 Å². The number of rotatable bonds is 2. The summed E-state index contributed by atoms with van der Waals surface area (Å²) in [5.74, 6) is -1.01. The summed E-state index contributed by atoms with van der Waals surface area (Å²) in [6.07, 6.45) is 4.18. The molecular formula is C14H16ClFN2O. The summed E-state index contributed by atoms with van der Waals surface area (Å²) in [4.78, 5) is 12.1. The Bertz CT molecular complexity index is 496. The van der Waals surface area contributed by atoms with Gasteiger partial charge in [0.25, 0.3) is 5.91 Å². The number of hydrogen-bond acceptors (Lipinski definition) is 2. The highest BCUT2D eigenvalue weighted by Gasteiger charge is 2.34. The van der Waals surface area contributed by atoms with Crippen molar-refractivity contribution in [3.63, 3.8) is 0 Å². The number of carbonyl (C=O) groups is 1. The first-order valence-corrected chi connectivity index (χ1v) is 7.02. The minimum absolute atomic E-state index is 0.0157. The van der Waals surface area contributed by atoms with Crippen LogP contribution in [0.3, 0.4) is 0 Å². The Morgan fingerprint density at radius 1 is 1.32 bits per heavy atom. The predicted molar refractivity (Wildman–Crippen MR) is 71.8 cm³/mol. The average Bonchev–Trinajstić information content (AvgIpc) is 2.72. The van der Waals surface area contributed by atoms with Gasteiger partial charge in [-0.05, 0) is 37.8 Å². The van der Waals surface area contributed by atoms with E-state index in [0.29, 0.717) is 12.1 Å². The number of fused-ring (bicyclic) bond motifs is 2. The van der Waals surface area contributed by atoms with Crippen molar-refractivity contribution in [2.75, 3.05) is 0 Å². The van der Waals surface area contributed by atoms with E-state index in [4.69, 9.17) is 11.6 Å². The van der Waals surface area contributed by atoms with Crippen LogP contribution in [-0.2, 0) is 0 Å². The van der Waals surface area contributed by atoms with E-state index in [-0.39, 0.29) is 22.5 Å². The highest BCUT2D eigenvalue weighted by molar-refractivity contribution is 6.31. The van der Waals surface area contributed by atoms with E-state index >= 15 is 0 Å². The zero-order valence-electron chi connectivity index (χ0n) is 10.5. The van der Waals surface area contributed by atoms with Crippen molar-refractivity contribution in [2.24, 2.45) is 0 Å². The predicted octanol–water partition coefficient (Wildman–Crippen LogP) is 2.49. The molecule has 0 spiro atoms. The van der Waals surface area contributed by atoms with Gasteiger partial charge in [0, 0.05) is 18.1 Å². The van der Waals surface area contributed by atoms with Crippen molar-refractivity contribution < 1.29 is 9.18 Å². The molecule has 3 nitrogen and oxygen atoms in total. The molecule has 2 fully saturated rings. The first-order chi connectivity index (χ1) is 9.13. The average molecular weight is 283 g/mol. The lowest BCUT2D eigenvalue weighted by Gasteiger charge is -2.29. The summed E-state index contributed by atoms with van der Waals surface area (Å²) in [6, 6.07) is 5.61. The second-order valence-electron chi connectivity index (χ2n) is 5.38. The molecule has 2 N–H and O–H groups in total. The van der Waals surface area contributed by atoms with Crippen LogP contribution >= 0.6 is 11.6 Å². The van der Waals surface area contributed by atoms with Crippen molar-refractivity contribution in [2.45, 2.75) is 43.8 Å². The third-order valence-electron chi connectivity index (χ3n) is 4.00. The van der Waals surface area contributed by atoms with Crippen LogP contribution in [0.4, 0.5) is 4.39 Å². The van der Waals surface area contributed by atoms with Gasteiger partial charge in [0.05, 0.1) is 10.6 Å². The van der Waals surface area contributed by atoms with Gasteiger partial charge >= 0.3 is 0 Å². The van der Waals surface area contributed by atoms with Crippen molar-refractivity contribution in [3.8, 4) is 0 Å². The number of amides is 1. The van der Waals surface area contributed by atoms with Gasteiger partial charge in [-0.2, -0.15) is 0 Å². The molecule has 1 aromatic rings. The Kier molecular flexibility index (Phi) is 3.46. The van der Waals surface area contributed by atoms with Crippen molar-refractivity contribution in [1.29, 1.82) is 0 Å². The second kappa shape index (κ2) is 5.10. The van der Waals surface area contributed by atoms with Gasteiger partial charge in [-0.1, -0.05) is 17.7 Å². The van der Waals surface area contributed by atoms with E-state index in [1.54, 1.807) is 6.07 Å². The summed E-state index contributed by atoms with van der Waals surface area (Å²) in [7, 11) is 0. The Morgan fingerprint density at radius 2 is 2.00 bits per heavy atom. The van der Waals surface area contributed by atoms with Crippen LogP contribution in [0, 0.1) is 5.82 Å².